The van der Waals surface area contributed by atoms with Crippen LogP contribution in [-0.4, -0.2) is 32.5 Å². The van der Waals surface area contributed by atoms with Gasteiger partial charge in [0, 0.05) is 43.6 Å². The van der Waals surface area contributed by atoms with E-state index in [1.807, 2.05) is 65.4 Å². The van der Waals surface area contributed by atoms with Gasteiger partial charge in [-0.1, -0.05) is 84.9 Å². The van der Waals surface area contributed by atoms with Crippen molar-refractivity contribution in [3.8, 4) is 33.6 Å². The lowest BCUT2D eigenvalue weighted by atomic mass is 9.98. The summed E-state index contributed by atoms with van der Waals surface area (Å²) in [4.78, 5) is 26.4. The van der Waals surface area contributed by atoms with Crippen LogP contribution in [0.4, 0.5) is 5.69 Å². The fourth-order valence-electron chi connectivity index (χ4n) is 5.41. The standard InChI is InChI=1S/C33H29N5O/c1-34-28-20-30(25-8-4-2-5-9-25)32(35-21-28)27-14-12-24(13-15-27)22-37-18-16-29(17-19-37)38-23-31(36-33(38)39)26-10-6-3-7-11-26/h2-15,20-21,23,29H,16-19,22H2,(H,36,39). The number of hydrogen-bond donors (Lipinski definition) is 1. The Morgan fingerprint density at radius 2 is 1.54 bits per heavy atom. The van der Waals surface area contributed by atoms with E-state index < -0.39 is 0 Å². The van der Waals surface area contributed by atoms with E-state index in [9.17, 15) is 4.79 Å². The number of nitrogens with one attached hydrogen (secondary N) is 1. The van der Waals surface area contributed by atoms with E-state index in [1.165, 1.54) is 5.56 Å². The summed E-state index contributed by atoms with van der Waals surface area (Å²) >= 11 is 0. The van der Waals surface area contributed by atoms with E-state index in [0.717, 1.165) is 66.1 Å². The Hall–Kier alpha value is -4.73. The molecule has 39 heavy (non-hydrogen) atoms. The molecule has 0 amide bonds. The molecule has 6 heteroatoms. The third kappa shape index (κ3) is 5.31. The summed E-state index contributed by atoms with van der Waals surface area (Å²) < 4.78 is 1.88. The van der Waals surface area contributed by atoms with Gasteiger partial charge in [-0.25, -0.2) is 9.64 Å². The van der Waals surface area contributed by atoms with Crippen LogP contribution in [0.15, 0.2) is 108 Å². The summed E-state index contributed by atoms with van der Waals surface area (Å²) in [7, 11) is 0. The van der Waals surface area contributed by atoms with Gasteiger partial charge in [-0.2, -0.15) is 0 Å². The van der Waals surface area contributed by atoms with Crippen LogP contribution in [-0.2, 0) is 6.54 Å². The number of pyridine rings is 1. The maximum Gasteiger partial charge on any atom is 0.326 e. The van der Waals surface area contributed by atoms with Crippen LogP contribution in [0, 0.1) is 6.57 Å². The van der Waals surface area contributed by atoms with Gasteiger partial charge in [0.05, 0.1) is 18.0 Å². The van der Waals surface area contributed by atoms with E-state index in [1.54, 1.807) is 6.20 Å². The molecule has 6 rings (SSSR count). The van der Waals surface area contributed by atoms with E-state index >= 15 is 0 Å². The Bertz CT molecular complexity index is 1660. The van der Waals surface area contributed by atoms with Crippen LogP contribution in [0.1, 0.15) is 24.4 Å². The SMILES string of the molecule is [C-]#[N+]c1cnc(-c2ccc(CN3CCC(n4cc(-c5ccccc5)[nH]c4=O)CC3)cc2)c(-c2ccccc2)c1. The monoisotopic (exact) mass is 511 g/mol. The smallest absolute Gasteiger partial charge is 0.306 e. The second-order valence-electron chi connectivity index (χ2n) is 10.0. The highest BCUT2D eigenvalue weighted by atomic mass is 16.1. The summed E-state index contributed by atoms with van der Waals surface area (Å²) in [6.45, 7) is 10.2. The van der Waals surface area contributed by atoms with Gasteiger partial charge < -0.3 is 4.98 Å². The Kier molecular flexibility index (Phi) is 6.90. The highest BCUT2D eigenvalue weighted by Gasteiger charge is 2.22. The molecule has 0 saturated carbocycles. The molecule has 1 aliphatic rings. The van der Waals surface area contributed by atoms with Crippen LogP contribution >= 0.6 is 0 Å². The van der Waals surface area contributed by atoms with E-state index in [2.05, 4.69) is 56.1 Å². The first-order chi connectivity index (χ1) is 19.2. The number of rotatable bonds is 6. The van der Waals surface area contributed by atoms with Gasteiger partial charge in [-0.15, -0.1) is 0 Å². The average molecular weight is 512 g/mol. The fraction of sp³-hybridized carbons (Fsp3) is 0.182. The molecular formula is C33H29N5O. The van der Waals surface area contributed by atoms with Gasteiger partial charge in [0.25, 0.3) is 0 Å². The molecule has 3 aromatic carbocycles. The molecule has 0 bridgehead atoms. The van der Waals surface area contributed by atoms with Crippen molar-refractivity contribution in [2.75, 3.05) is 13.1 Å². The van der Waals surface area contributed by atoms with Crippen molar-refractivity contribution < 1.29 is 0 Å². The lowest BCUT2D eigenvalue weighted by Gasteiger charge is -2.32. The number of imidazole rings is 1. The molecule has 192 valence electrons. The normalized spacial score (nSPS) is 14.2. The van der Waals surface area contributed by atoms with Gasteiger partial charge in [-0.3, -0.25) is 14.5 Å². The third-order valence-electron chi connectivity index (χ3n) is 7.50. The largest absolute Gasteiger partial charge is 0.326 e. The average Bonchev–Trinajstić information content (AvgIpc) is 3.40. The Balaban J connectivity index is 1.12. The molecule has 0 radical (unpaired) electrons. The number of aromatic nitrogens is 3. The first-order valence-electron chi connectivity index (χ1n) is 13.3. The number of H-pyrrole nitrogens is 1. The van der Waals surface area contributed by atoms with Gasteiger partial charge in [0.2, 0.25) is 5.69 Å². The third-order valence-corrected chi connectivity index (χ3v) is 7.50. The van der Waals surface area contributed by atoms with Crippen LogP contribution in [0.25, 0.3) is 38.5 Å². The van der Waals surface area contributed by atoms with Gasteiger partial charge in [0.15, 0.2) is 0 Å². The van der Waals surface area contributed by atoms with Crippen LogP contribution in [0.5, 0.6) is 0 Å². The molecule has 0 atom stereocenters. The van der Waals surface area contributed by atoms with E-state index in [-0.39, 0.29) is 11.7 Å². The topological polar surface area (TPSA) is 58.3 Å². The first kappa shape index (κ1) is 24.6. The van der Waals surface area contributed by atoms with E-state index in [0.29, 0.717) is 5.69 Å². The van der Waals surface area contributed by atoms with Gasteiger partial charge in [-0.05, 0) is 41.2 Å². The Morgan fingerprint density at radius 3 is 2.21 bits per heavy atom. The number of piperidine rings is 1. The lowest BCUT2D eigenvalue weighted by molar-refractivity contribution is 0.178. The van der Waals surface area contributed by atoms with Crippen molar-refractivity contribution >= 4 is 5.69 Å². The molecule has 0 unspecified atom stereocenters. The summed E-state index contributed by atoms with van der Waals surface area (Å²) in [5.74, 6) is 0. The summed E-state index contributed by atoms with van der Waals surface area (Å²) in [5, 5.41) is 0. The molecule has 3 heterocycles. The molecule has 0 spiro atoms. The summed E-state index contributed by atoms with van der Waals surface area (Å²) in [6, 6.07) is 30.8. The number of likely N-dealkylation sites (tertiary alicyclic amines) is 1. The quantitative estimate of drug-likeness (QED) is 0.251. The maximum absolute atomic E-state index is 12.7. The molecule has 1 saturated heterocycles. The van der Waals surface area contributed by atoms with Crippen molar-refractivity contribution in [3.05, 3.63) is 131 Å². The number of benzene rings is 3. The van der Waals surface area contributed by atoms with Crippen LogP contribution in [0.3, 0.4) is 0 Å². The zero-order valence-electron chi connectivity index (χ0n) is 21.6. The molecule has 1 fully saturated rings. The lowest BCUT2D eigenvalue weighted by Crippen LogP contribution is -2.36. The van der Waals surface area contributed by atoms with Crippen molar-refractivity contribution in [1.29, 1.82) is 0 Å². The summed E-state index contributed by atoms with van der Waals surface area (Å²) in [6.07, 6.45) is 5.51. The first-order valence-corrected chi connectivity index (χ1v) is 13.3. The number of nitrogens with zero attached hydrogens (tertiary/aromatic N) is 4. The molecule has 0 aliphatic carbocycles. The molecule has 1 N–H and O–H groups in total. The van der Waals surface area contributed by atoms with Crippen molar-refractivity contribution in [2.24, 2.45) is 0 Å². The number of aromatic amines is 1. The minimum absolute atomic E-state index is 0.0317. The molecule has 2 aromatic heterocycles. The minimum atomic E-state index is -0.0317. The molecular weight excluding hydrogens is 482 g/mol. The zero-order chi connectivity index (χ0) is 26.6. The van der Waals surface area contributed by atoms with Crippen molar-refractivity contribution in [2.45, 2.75) is 25.4 Å². The van der Waals surface area contributed by atoms with Crippen molar-refractivity contribution in [3.63, 3.8) is 0 Å². The van der Waals surface area contributed by atoms with Crippen LogP contribution < -0.4 is 5.69 Å². The predicted molar refractivity (Wildman–Crippen MR) is 155 cm³/mol. The van der Waals surface area contributed by atoms with Gasteiger partial charge >= 0.3 is 5.69 Å². The fourth-order valence-corrected chi connectivity index (χ4v) is 5.41. The second kappa shape index (κ2) is 10.9. The zero-order valence-corrected chi connectivity index (χ0v) is 21.6. The second-order valence-corrected chi connectivity index (χ2v) is 10.0. The summed E-state index contributed by atoms with van der Waals surface area (Å²) in [5.41, 5.74) is 7.60. The predicted octanol–water partition coefficient (Wildman–Crippen LogP) is 6.96. The van der Waals surface area contributed by atoms with E-state index in [4.69, 9.17) is 6.57 Å². The molecule has 1 aliphatic heterocycles. The maximum atomic E-state index is 12.7. The van der Waals surface area contributed by atoms with Crippen LogP contribution in [0.2, 0.25) is 0 Å². The Labute approximate surface area is 228 Å². The minimum Gasteiger partial charge on any atom is -0.306 e. The van der Waals surface area contributed by atoms with Crippen molar-refractivity contribution in [1.82, 2.24) is 19.4 Å². The van der Waals surface area contributed by atoms with Gasteiger partial charge in [0.1, 0.15) is 0 Å². The number of hydrogen-bond acceptors (Lipinski definition) is 3. The molecule has 6 nitrogen and oxygen atoms in total. The highest BCUT2D eigenvalue weighted by molar-refractivity contribution is 5.83. The Morgan fingerprint density at radius 1 is 0.872 bits per heavy atom. The highest BCUT2D eigenvalue weighted by Crippen LogP contribution is 2.33. The molecule has 5 aromatic rings.